The van der Waals surface area contributed by atoms with Crippen LogP contribution in [0.3, 0.4) is 0 Å². The number of benzene rings is 1. The second-order valence-electron chi connectivity index (χ2n) is 6.48. The largest absolute Gasteiger partial charge is 0.348 e. The molecule has 0 radical (unpaired) electrons. The maximum atomic E-state index is 12.8. The van der Waals surface area contributed by atoms with Crippen molar-refractivity contribution in [3.05, 3.63) is 53.4 Å². The van der Waals surface area contributed by atoms with Gasteiger partial charge in [-0.1, -0.05) is 28.9 Å². The number of aryl methyl sites for hydroxylation is 1. The van der Waals surface area contributed by atoms with Gasteiger partial charge in [0, 0.05) is 31.3 Å². The topological polar surface area (TPSA) is 99.9 Å². The minimum absolute atomic E-state index is 0. The zero-order valence-corrected chi connectivity index (χ0v) is 17.1. The van der Waals surface area contributed by atoms with Crippen LogP contribution in [0, 0.1) is 6.92 Å². The molecule has 8 nitrogen and oxygen atoms in total. The molecule has 1 aromatic carbocycles. The van der Waals surface area contributed by atoms with Crippen LogP contribution in [0.25, 0.3) is 11.4 Å². The quantitative estimate of drug-likeness (QED) is 0.666. The molecule has 1 aliphatic rings. The fraction of sp³-hybridized carbons (Fsp3) is 0.333. The van der Waals surface area contributed by atoms with Crippen molar-refractivity contribution in [3.8, 4) is 11.4 Å². The molecule has 28 heavy (non-hydrogen) atoms. The van der Waals surface area contributed by atoms with E-state index in [1.54, 1.807) is 18.3 Å². The molecule has 1 unspecified atom stereocenters. The zero-order chi connectivity index (χ0) is 18.1. The van der Waals surface area contributed by atoms with Crippen LogP contribution in [0.15, 0.2) is 35.1 Å². The molecule has 3 heterocycles. The Kier molecular flexibility index (Phi) is 7.17. The average Bonchev–Trinajstić information content (AvgIpc) is 3.30. The van der Waals surface area contributed by atoms with Crippen LogP contribution in [0.2, 0.25) is 0 Å². The summed E-state index contributed by atoms with van der Waals surface area (Å²) < 4.78 is 5.32. The van der Waals surface area contributed by atoms with Gasteiger partial charge in [-0.3, -0.25) is 4.79 Å². The molecule has 150 valence electrons. The number of hydrogen-bond donors (Lipinski definition) is 2. The van der Waals surface area contributed by atoms with Gasteiger partial charge in [-0.25, -0.2) is 4.98 Å². The molecule has 0 spiro atoms. The summed E-state index contributed by atoms with van der Waals surface area (Å²) >= 11 is 0. The number of nitrogens with zero attached hydrogens (tertiary/aromatic N) is 4. The number of nitrogens with one attached hydrogen (secondary N) is 2. The predicted octanol–water partition coefficient (Wildman–Crippen LogP) is 2.46. The molecule has 1 amide bonds. The van der Waals surface area contributed by atoms with Crippen LogP contribution in [0.5, 0.6) is 0 Å². The van der Waals surface area contributed by atoms with Crippen molar-refractivity contribution in [2.24, 2.45) is 0 Å². The molecule has 0 fully saturated rings. The van der Waals surface area contributed by atoms with E-state index in [4.69, 9.17) is 4.52 Å². The number of halogens is 2. The molecule has 2 N–H and O–H groups in total. The first-order valence-corrected chi connectivity index (χ1v) is 8.52. The number of H-pyrrole nitrogens is 1. The molecule has 0 bridgehead atoms. The van der Waals surface area contributed by atoms with E-state index in [-0.39, 0.29) is 37.3 Å². The Morgan fingerprint density at radius 1 is 1.36 bits per heavy atom. The van der Waals surface area contributed by atoms with Crippen LogP contribution in [-0.4, -0.2) is 44.5 Å². The van der Waals surface area contributed by atoms with Crippen molar-refractivity contribution in [3.63, 3.8) is 0 Å². The van der Waals surface area contributed by atoms with E-state index in [0.29, 0.717) is 11.7 Å². The fourth-order valence-electron chi connectivity index (χ4n) is 3.14. The second-order valence-corrected chi connectivity index (χ2v) is 6.48. The van der Waals surface area contributed by atoms with Crippen molar-refractivity contribution in [1.82, 2.24) is 30.3 Å². The minimum atomic E-state index is -0.450. The molecule has 3 aromatic rings. The highest BCUT2D eigenvalue weighted by Gasteiger charge is 2.31. The van der Waals surface area contributed by atoms with E-state index in [2.05, 4.69) is 25.4 Å². The molecule has 1 aliphatic heterocycles. The number of aromatic nitrogens is 4. The third kappa shape index (κ3) is 4.35. The summed E-state index contributed by atoms with van der Waals surface area (Å²) in [7, 11) is 1.72. The van der Waals surface area contributed by atoms with Crippen molar-refractivity contribution in [2.75, 3.05) is 13.6 Å². The van der Waals surface area contributed by atoms with E-state index in [1.165, 1.54) is 0 Å². The van der Waals surface area contributed by atoms with E-state index in [1.807, 2.05) is 31.2 Å². The molecule has 1 atom stereocenters. The van der Waals surface area contributed by atoms with Crippen LogP contribution in [0.1, 0.15) is 28.9 Å². The number of aromatic amines is 1. The number of imidazole rings is 1. The van der Waals surface area contributed by atoms with Crippen molar-refractivity contribution < 1.29 is 9.32 Å². The zero-order valence-electron chi connectivity index (χ0n) is 15.5. The van der Waals surface area contributed by atoms with Gasteiger partial charge in [-0.2, -0.15) is 4.98 Å². The molecule has 10 heteroatoms. The first-order valence-electron chi connectivity index (χ1n) is 8.52. The molecule has 0 aliphatic carbocycles. The first kappa shape index (κ1) is 21.9. The van der Waals surface area contributed by atoms with Gasteiger partial charge in [0.05, 0.1) is 18.6 Å². The Morgan fingerprint density at radius 3 is 2.96 bits per heavy atom. The molecular formula is C18H22Cl2N6O2. The number of hydrogen-bond acceptors (Lipinski definition) is 6. The smallest absolute Gasteiger partial charge is 0.246 e. The maximum Gasteiger partial charge on any atom is 0.246 e. The monoisotopic (exact) mass is 424 g/mol. The van der Waals surface area contributed by atoms with Gasteiger partial charge in [0.15, 0.2) is 0 Å². The van der Waals surface area contributed by atoms with E-state index in [0.717, 1.165) is 35.5 Å². The lowest BCUT2D eigenvalue weighted by Crippen LogP contribution is -2.42. The lowest BCUT2D eigenvalue weighted by Gasteiger charge is -2.26. The molecule has 0 saturated heterocycles. The summed E-state index contributed by atoms with van der Waals surface area (Å²) in [6, 6.07) is 7.44. The third-order valence-electron chi connectivity index (χ3n) is 4.49. The van der Waals surface area contributed by atoms with Gasteiger partial charge in [0.25, 0.3) is 0 Å². The van der Waals surface area contributed by atoms with E-state index in [9.17, 15) is 4.79 Å². The highest BCUT2D eigenvalue weighted by Crippen LogP contribution is 2.22. The lowest BCUT2D eigenvalue weighted by molar-refractivity contribution is -0.133. The SMILES string of the molecule is Cc1cccc(-c2noc(CN(C)C(=O)C3NCCc4[nH]cnc43)n2)c1.Cl.Cl. The lowest BCUT2D eigenvalue weighted by atomic mass is 10.0. The summed E-state index contributed by atoms with van der Waals surface area (Å²) in [5.74, 6) is 0.846. The molecule has 2 aromatic heterocycles. The van der Waals surface area contributed by atoms with Crippen molar-refractivity contribution >= 4 is 30.7 Å². The molecule has 4 rings (SSSR count). The van der Waals surface area contributed by atoms with Crippen LogP contribution >= 0.6 is 24.8 Å². The standard InChI is InChI=1S/C18H20N6O2.2ClH/c1-11-4-3-5-12(8-11)17-22-14(26-23-17)9-24(2)18(25)16-15-13(6-7-19-16)20-10-21-15;;/h3-5,8,10,16,19H,6-7,9H2,1-2H3,(H,20,21);2*1H. The van der Waals surface area contributed by atoms with Gasteiger partial charge < -0.3 is 19.7 Å². The number of carbonyl (C=O) groups excluding carboxylic acids is 1. The number of rotatable bonds is 4. The Bertz CT molecular complexity index is 942. The van der Waals surface area contributed by atoms with Crippen molar-refractivity contribution in [2.45, 2.75) is 25.9 Å². The highest BCUT2D eigenvalue weighted by molar-refractivity contribution is 5.85. The van der Waals surface area contributed by atoms with E-state index >= 15 is 0 Å². The number of likely N-dealkylation sites (N-methyl/N-ethyl adjacent to an activating group) is 1. The van der Waals surface area contributed by atoms with Gasteiger partial charge in [0.2, 0.25) is 17.6 Å². The van der Waals surface area contributed by atoms with Crippen LogP contribution < -0.4 is 5.32 Å². The van der Waals surface area contributed by atoms with Crippen molar-refractivity contribution in [1.29, 1.82) is 0 Å². The summed E-state index contributed by atoms with van der Waals surface area (Å²) in [6.07, 6.45) is 2.47. The summed E-state index contributed by atoms with van der Waals surface area (Å²) in [5.41, 5.74) is 3.79. The summed E-state index contributed by atoms with van der Waals surface area (Å²) in [4.78, 5) is 26.2. The predicted molar refractivity (Wildman–Crippen MR) is 108 cm³/mol. The molecular weight excluding hydrogens is 403 g/mol. The molecule has 0 saturated carbocycles. The highest BCUT2D eigenvalue weighted by atomic mass is 35.5. The Labute approximate surface area is 174 Å². The summed E-state index contributed by atoms with van der Waals surface area (Å²) in [5, 5.41) is 7.25. The number of fused-ring (bicyclic) bond motifs is 1. The summed E-state index contributed by atoms with van der Waals surface area (Å²) in [6.45, 7) is 2.99. The van der Waals surface area contributed by atoms with E-state index < -0.39 is 6.04 Å². The normalized spacial score (nSPS) is 15.1. The number of amides is 1. The van der Waals surface area contributed by atoms with Crippen LogP contribution in [-0.2, 0) is 17.8 Å². The van der Waals surface area contributed by atoms with Gasteiger partial charge >= 0.3 is 0 Å². The Balaban J connectivity index is 0.00000140. The number of carbonyl (C=O) groups is 1. The second kappa shape index (κ2) is 9.18. The fourth-order valence-corrected chi connectivity index (χ4v) is 3.14. The van der Waals surface area contributed by atoms with Gasteiger partial charge in [-0.05, 0) is 13.0 Å². The van der Waals surface area contributed by atoms with Gasteiger partial charge in [0.1, 0.15) is 6.04 Å². The average molecular weight is 425 g/mol. The Hall–Kier alpha value is -2.42. The maximum absolute atomic E-state index is 12.8. The first-order chi connectivity index (χ1) is 12.6. The van der Waals surface area contributed by atoms with Gasteiger partial charge in [-0.15, -0.1) is 24.8 Å². The van der Waals surface area contributed by atoms with Crippen LogP contribution in [0.4, 0.5) is 0 Å². The Morgan fingerprint density at radius 2 is 2.18 bits per heavy atom. The third-order valence-corrected chi connectivity index (χ3v) is 4.49. The minimum Gasteiger partial charge on any atom is -0.348 e.